The van der Waals surface area contributed by atoms with Gasteiger partial charge in [-0.05, 0) is 25.7 Å². The standard InChI is InChI=1S/C13H21NO4/c1-17-11-7-14(10-3-2-4-18-12(10)11)13(16)8-5-9(15)6-8/h8-12,15H,2-7H2,1H3/t8?,9?,10-,11+,12+/m1/s1. The van der Waals surface area contributed by atoms with Gasteiger partial charge >= 0.3 is 0 Å². The summed E-state index contributed by atoms with van der Waals surface area (Å²) in [4.78, 5) is 14.3. The molecule has 3 atom stereocenters. The maximum absolute atomic E-state index is 12.4. The molecule has 0 aromatic heterocycles. The first kappa shape index (κ1) is 12.4. The molecular formula is C13H21NO4. The lowest BCUT2D eigenvalue weighted by atomic mass is 9.81. The van der Waals surface area contributed by atoms with Gasteiger partial charge in [0.05, 0.1) is 12.1 Å². The number of likely N-dealkylation sites (tertiary alicyclic amines) is 1. The maximum Gasteiger partial charge on any atom is 0.226 e. The number of amides is 1. The fraction of sp³-hybridized carbons (Fsp3) is 0.923. The Labute approximate surface area is 107 Å². The Kier molecular flexibility index (Phi) is 3.30. The van der Waals surface area contributed by atoms with Crippen LogP contribution < -0.4 is 0 Å². The minimum Gasteiger partial charge on any atom is -0.393 e. The number of rotatable bonds is 2. The summed E-state index contributed by atoms with van der Waals surface area (Å²) in [6, 6.07) is 0.175. The predicted molar refractivity (Wildman–Crippen MR) is 64.0 cm³/mol. The van der Waals surface area contributed by atoms with E-state index in [0.29, 0.717) is 19.4 Å². The highest BCUT2D eigenvalue weighted by molar-refractivity contribution is 5.80. The summed E-state index contributed by atoms with van der Waals surface area (Å²) in [6.45, 7) is 1.41. The van der Waals surface area contributed by atoms with Crippen molar-refractivity contribution in [2.24, 2.45) is 5.92 Å². The van der Waals surface area contributed by atoms with Crippen molar-refractivity contribution in [3.63, 3.8) is 0 Å². The summed E-state index contributed by atoms with van der Waals surface area (Å²) in [5, 5.41) is 9.32. The fourth-order valence-corrected chi connectivity index (χ4v) is 3.39. The Hall–Kier alpha value is -0.650. The van der Waals surface area contributed by atoms with Gasteiger partial charge < -0.3 is 19.5 Å². The third-order valence-electron chi connectivity index (χ3n) is 4.53. The quantitative estimate of drug-likeness (QED) is 0.764. The van der Waals surface area contributed by atoms with Crippen molar-refractivity contribution < 1.29 is 19.4 Å². The van der Waals surface area contributed by atoms with Gasteiger partial charge in [0.2, 0.25) is 5.91 Å². The molecule has 1 saturated carbocycles. The highest BCUT2D eigenvalue weighted by atomic mass is 16.5. The Balaban J connectivity index is 1.69. The number of ether oxygens (including phenoxy) is 2. The van der Waals surface area contributed by atoms with Crippen molar-refractivity contribution in [3.05, 3.63) is 0 Å². The van der Waals surface area contributed by atoms with Crippen molar-refractivity contribution in [2.75, 3.05) is 20.3 Å². The monoisotopic (exact) mass is 255 g/mol. The molecule has 0 aromatic carbocycles. The highest BCUT2D eigenvalue weighted by Gasteiger charge is 2.48. The van der Waals surface area contributed by atoms with E-state index < -0.39 is 0 Å². The summed E-state index contributed by atoms with van der Waals surface area (Å²) in [5.41, 5.74) is 0. The Morgan fingerprint density at radius 2 is 2.22 bits per heavy atom. The lowest BCUT2D eigenvalue weighted by molar-refractivity contribution is -0.145. The van der Waals surface area contributed by atoms with Crippen LogP contribution in [-0.2, 0) is 14.3 Å². The van der Waals surface area contributed by atoms with Crippen LogP contribution in [0, 0.1) is 5.92 Å². The summed E-state index contributed by atoms with van der Waals surface area (Å²) in [5.74, 6) is 0.193. The lowest BCUT2D eigenvalue weighted by Crippen LogP contribution is -2.48. The van der Waals surface area contributed by atoms with Crippen LogP contribution in [0.15, 0.2) is 0 Å². The summed E-state index contributed by atoms with van der Waals surface area (Å²) in [6.07, 6.45) is 3.01. The minimum absolute atomic E-state index is 0.00394. The number of nitrogens with zero attached hydrogens (tertiary/aromatic N) is 1. The smallest absolute Gasteiger partial charge is 0.226 e. The molecule has 2 aliphatic heterocycles. The molecule has 0 aromatic rings. The van der Waals surface area contributed by atoms with E-state index in [1.165, 1.54) is 0 Å². The first-order chi connectivity index (χ1) is 8.70. The number of methoxy groups -OCH3 is 1. The number of hydrogen-bond acceptors (Lipinski definition) is 4. The van der Waals surface area contributed by atoms with Crippen LogP contribution >= 0.6 is 0 Å². The molecule has 18 heavy (non-hydrogen) atoms. The number of carbonyl (C=O) groups excluding carboxylic acids is 1. The molecule has 3 fully saturated rings. The Bertz CT molecular complexity index is 329. The molecule has 0 radical (unpaired) electrons. The van der Waals surface area contributed by atoms with Crippen LogP contribution in [0.25, 0.3) is 0 Å². The van der Waals surface area contributed by atoms with Crippen LogP contribution in [0.5, 0.6) is 0 Å². The molecule has 1 amide bonds. The third-order valence-corrected chi connectivity index (χ3v) is 4.53. The molecule has 1 N–H and O–H groups in total. The SMILES string of the molecule is CO[C@H]1CN(C(=O)C2CC(O)C2)[C@@H]2CCCO[C@H]12. The van der Waals surface area contributed by atoms with E-state index in [2.05, 4.69) is 0 Å². The van der Waals surface area contributed by atoms with Crippen LogP contribution in [0.2, 0.25) is 0 Å². The number of hydrogen-bond donors (Lipinski definition) is 1. The summed E-state index contributed by atoms with van der Waals surface area (Å²) >= 11 is 0. The zero-order chi connectivity index (χ0) is 12.7. The molecule has 5 heteroatoms. The average Bonchev–Trinajstić information content (AvgIpc) is 2.73. The lowest BCUT2D eigenvalue weighted by Gasteiger charge is -2.37. The maximum atomic E-state index is 12.4. The zero-order valence-electron chi connectivity index (χ0n) is 10.7. The molecule has 0 spiro atoms. The minimum atomic E-state index is -0.279. The van der Waals surface area contributed by atoms with Crippen LogP contribution in [-0.4, -0.2) is 60.5 Å². The highest BCUT2D eigenvalue weighted by Crippen LogP contribution is 2.35. The van der Waals surface area contributed by atoms with Crippen LogP contribution in [0.1, 0.15) is 25.7 Å². The molecule has 3 rings (SSSR count). The van der Waals surface area contributed by atoms with Crippen molar-refractivity contribution in [1.29, 1.82) is 0 Å². The van der Waals surface area contributed by atoms with Gasteiger partial charge in [-0.25, -0.2) is 0 Å². The number of fused-ring (bicyclic) bond motifs is 1. The summed E-state index contributed by atoms with van der Waals surface area (Å²) < 4.78 is 11.2. The number of aliphatic hydroxyl groups excluding tert-OH is 1. The van der Waals surface area contributed by atoms with E-state index in [9.17, 15) is 9.90 Å². The van der Waals surface area contributed by atoms with E-state index in [4.69, 9.17) is 9.47 Å². The molecular weight excluding hydrogens is 234 g/mol. The second kappa shape index (κ2) is 4.79. The van der Waals surface area contributed by atoms with E-state index in [0.717, 1.165) is 19.4 Å². The third kappa shape index (κ3) is 1.94. The van der Waals surface area contributed by atoms with Gasteiger partial charge in [-0.2, -0.15) is 0 Å². The van der Waals surface area contributed by atoms with E-state index in [-0.39, 0.29) is 36.2 Å². The van der Waals surface area contributed by atoms with Gasteiger partial charge in [0.1, 0.15) is 12.2 Å². The van der Waals surface area contributed by atoms with Crippen molar-refractivity contribution in [3.8, 4) is 0 Å². The van der Waals surface area contributed by atoms with Crippen molar-refractivity contribution in [1.82, 2.24) is 4.90 Å². The molecule has 2 heterocycles. The molecule has 0 bridgehead atoms. The Morgan fingerprint density at radius 3 is 2.89 bits per heavy atom. The second-order valence-corrected chi connectivity index (χ2v) is 5.63. The van der Waals surface area contributed by atoms with Gasteiger partial charge in [-0.1, -0.05) is 0 Å². The van der Waals surface area contributed by atoms with Crippen molar-refractivity contribution in [2.45, 2.75) is 50.0 Å². The van der Waals surface area contributed by atoms with Crippen molar-refractivity contribution >= 4 is 5.91 Å². The van der Waals surface area contributed by atoms with Gasteiger partial charge in [0, 0.05) is 26.2 Å². The zero-order valence-corrected chi connectivity index (χ0v) is 10.7. The van der Waals surface area contributed by atoms with Gasteiger partial charge in [0.15, 0.2) is 0 Å². The normalized spacial score (nSPS) is 43.4. The number of aliphatic hydroxyl groups is 1. The van der Waals surface area contributed by atoms with Crippen LogP contribution in [0.4, 0.5) is 0 Å². The summed E-state index contributed by atoms with van der Waals surface area (Å²) in [7, 11) is 1.68. The topological polar surface area (TPSA) is 59.0 Å². The second-order valence-electron chi connectivity index (χ2n) is 5.63. The van der Waals surface area contributed by atoms with Gasteiger partial charge in [-0.15, -0.1) is 0 Å². The van der Waals surface area contributed by atoms with Crippen LogP contribution in [0.3, 0.4) is 0 Å². The first-order valence-electron chi connectivity index (χ1n) is 6.83. The van der Waals surface area contributed by atoms with E-state index in [1.54, 1.807) is 7.11 Å². The molecule has 5 nitrogen and oxygen atoms in total. The van der Waals surface area contributed by atoms with E-state index >= 15 is 0 Å². The van der Waals surface area contributed by atoms with Gasteiger partial charge in [0.25, 0.3) is 0 Å². The molecule has 102 valence electrons. The number of carbonyl (C=O) groups is 1. The molecule has 1 aliphatic carbocycles. The average molecular weight is 255 g/mol. The Morgan fingerprint density at radius 1 is 1.44 bits per heavy atom. The first-order valence-corrected chi connectivity index (χ1v) is 6.83. The largest absolute Gasteiger partial charge is 0.393 e. The predicted octanol–water partition coefficient (Wildman–Crippen LogP) is 0.162. The fourth-order valence-electron chi connectivity index (χ4n) is 3.39. The van der Waals surface area contributed by atoms with Gasteiger partial charge in [-0.3, -0.25) is 4.79 Å². The molecule has 2 saturated heterocycles. The molecule has 3 aliphatic rings. The van der Waals surface area contributed by atoms with E-state index in [1.807, 2.05) is 4.90 Å². The molecule has 0 unspecified atom stereocenters.